The number of rotatable bonds is 3. The second-order valence-electron chi connectivity index (χ2n) is 7.31. The maximum Gasteiger partial charge on any atom is 0.0175 e. The minimum absolute atomic E-state index is 0.317. The van der Waals surface area contributed by atoms with Crippen LogP contribution in [0, 0.1) is 5.41 Å². The summed E-state index contributed by atoms with van der Waals surface area (Å²) in [5, 5.41) is 0. The molecule has 0 N–H and O–H groups in total. The van der Waals surface area contributed by atoms with Crippen molar-refractivity contribution < 1.29 is 0 Å². The smallest absolute Gasteiger partial charge is 0.0175 e. The molecule has 1 aliphatic rings. The van der Waals surface area contributed by atoms with E-state index in [4.69, 9.17) is 0 Å². The van der Waals surface area contributed by atoms with Crippen molar-refractivity contribution in [2.75, 3.05) is 13.1 Å². The van der Waals surface area contributed by atoms with E-state index < -0.39 is 0 Å². The van der Waals surface area contributed by atoms with Gasteiger partial charge in [-0.2, -0.15) is 0 Å². The molecule has 1 aromatic rings. The van der Waals surface area contributed by atoms with Crippen LogP contribution in [0.4, 0.5) is 0 Å². The highest BCUT2D eigenvalue weighted by atomic mass is 79.9. The summed E-state index contributed by atoms with van der Waals surface area (Å²) in [7, 11) is 0. The molecule has 0 amide bonds. The van der Waals surface area contributed by atoms with E-state index in [-0.39, 0.29) is 0 Å². The fourth-order valence-corrected chi connectivity index (χ4v) is 3.61. The lowest BCUT2D eigenvalue weighted by molar-refractivity contribution is 0.0402. The Kier molecular flexibility index (Phi) is 4.96. The van der Waals surface area contributed by atoms with Crippen LogP contribution in [-0.2, 0) is 6.42 Å². The summed E-state index contributed by atoms with van der Waals surface area (Å²) in [4.78, 5) is 2.64. The largest absolute Gasteiger partial charge is 0.298 e. The molecule has 0 bridgehead atoms. The van der Waals surface area contributed by atoms with Crippen molar-refractivity contribution in [1.82, 2.24) is 4.90 Å². The second kappa shape index (κ2) is 6.19. The third-order valence-electron chi connectivity index (χ3n) is 5.02. The lowest BCUT2D eigenvalue weighted by Crippen LogP contribution is -2.49. The van der Waals surface area contributed by atoms with Gasteiger partial charge in [-0.3, -0.25) is 4.90 Å². The highest BCUT2D eigenvalue weighted by Gasteiger charge is 2.36. The first-order valence-electron chi connectivity index (χ1n) is 7.84. The van der Waals surface area contributed by atoms with Crippen LogP contribution in [0.3, 0.4) is 0 Å². The first-order valence-corrected chi connectivity index (χ1v) is 8.63. The van der Waals surface area contributed by atoms with Crippen molar-refractivity contribution in [2.45, 2.75) is 58.9 Å². The molecule has 2 heteroatoms. The normalized spacial score (nSPS) is 20.1. The summed E-state index contributed by atoms with van der Waals surface area (Å²) in [6.07, 6.45) is 5.18. The topological polar surface area (TPSA) is 3.24 Å². The number of benzene rings is 1. The molecule has 0 aliphatic carbocycles. The Morgan fingerprint density at radius 3 is 2.10 bits per heavy atom. The average molecular weight is 338 g/mol. The molecule has 20 heavy (non-hydrogen) atoms. The van der Waals surface area contributed by atoms with Gasteiger partial charge >= 0.3 is 0 Å². The summed E-state index contributed by atoms with van der Waals surface area (Å²) in [5.41, 5.74) is 2.31. The van der Waals surface area contributed by atoms with E-state index in [1.54, 1.807) is 0 Å². The Labute approximate surface area is 132 Å². The van der Waals surface area contributed by atoms with Gasteiger partial charge < -0.3 is 0 Å². The number of halogens is 1. The SMILES string of the molecule is CCC1(Cc2ccc(Br)cc2)CCN(C(C)(C)C)CC1. The first kappa shape index (κ1) is 16.0. The maximum atomic E-state index is 3.52. The highest BCUT2D eigenvalue weighted by molar-refractivity contribution is 9.10. The van der Waals surface area contributed by atoms with Crippen molar-refractivity contribution in [2.24, 2.45) is 5.41 Å². The van der Waals surface area contributed by atoms with E-state index in [0.29, 0.717) is 11.0 Å². The van der Waals surface area contributed by atoms with Crippen molar-refractivity contribution >= 4 is 15.9 Å². The minimum atomic E-state index is 0.317. The molecule has 0 aromatic heterocycles. The summed E-state index contributed by atoms with van der Waals surface area (Å²) in [6.45, 7) is 11.9. The number of likely N-dealkylation sites (tertiary alicyclic amines) is 1. The quantitative estimate of drug-likeness (QED) is 0.724. The Morgan fingerprint density at radius 2 is 1.65 bits per heavy atom. The van der Waals surface area contributed by atoms with Crippen molar-refractivity contribution in [3.05, 3.63) is 34.3 Å². The highest BCUT2D eigenvalue weighted by Crippen LogP contribution is 2.39. The number of hydrogen-bond donors (Lipinski definition) is 0. The lowest BCUT2D eigenvalue weighted by Gasteiger charge is -2.46. The van der Waals surface area contributed by atoms with Gasteiger partial charge in [-0.15, -0.1) is 0 Å². The zero-order valence-electron chi connectivity index (χ0n) is 13.4. The summed E-state index contributed by atoms with van der Waals surface area (Å²) < 4.78 is 1.18. The predicted octanol–water partition coefficient (Wildman–Crippen LogP) is 5.28. The van der Waals surface area contributed by atoms with Crippen LogP contribution >= 0.6 is 15.9 Å². The Hall–Kier alpha value is -0.340. The Morgan fingerprint density at radius 1 is 1.10 bits per heavy atom. The number of piperidine rings is 1. The molecule has 1 nitrogen and oxygen atoms in total. The van der Waals surface area contributed by atoms with E-state index in [1.807, 2.05) is 0 Å². The summed E-state index contributed by atoms with van der Waals surface area (Å²) in [5.74, 6) is 0. The molecule has 0 saturated carbocycles. The predicted molar refractivity (Wildman–Crippen MR) is 91.1 cm³/mol. The Bertz CT molecular complexity index is 422. The van der Waals surface area contributed by atoms with Gasteiger partial charge in [0.15, 0.2) is 0 Å². The van der Waals surface area contributed by atoms with E-state index >= 15 is 0 Å². The van der Waals surface area contributed by atoms with Crippen LogP contribution in [0.1, 0.15) is 52.5 Å². The third-order valence-corrected chi connectivity index (χ3v) is 5.54. The van der Waals surface area contributed by atoms with Crippen LogP contribution in [0.25, 0.3) is 0 Å². The van der Waals surface area contributed by atoms with Crippen LogP contribution in [-0.4, -0.2) is 23.5 Å². The van der Waals surface area contributed by atoms with E-state index in [9.17, 15) is 0 Å². The molecule has 1 heterocycles. The van der Waals surface area contributed by atoms with Crippen molar-refractivity contribution in [3.8, 4) is 0 Å². The summed E-state index contributed by atoms with van der Waals surface area (Å²) in [6, 6.07) is 8.89. The second-order valence-corrected chi connectivity index (χ2v) is 8.23. The zero-order valence-corrected chi connectivity index (χ0v) is 15.0. The standard InChI is InChI=1S/C18H28BrN/c1-5-18(14-15-6-8-16(19)9-7-15)10-12-20(13-11-18)17(2,3)4/h6-9H,5,10-14H2,1-4H3. The minimum Gasteiger partial charge on any atom is -0.298 e. The maximum absolute atomic E-state index is 3.52. The van der Waals surface area contributed by atoms with E-state index in [1.165, 1.54) is 48.8 Å². The van der Waals surface area contributed by atoms with Gasteiger partial charge in [0.25, 0.3) is 0 Å². The van der Waals surface area contributed by atoms with Gasteiger partial charge in [0.05, 0.1) is 0 Å². The molecule has 0 atom stereocenters. The first-order chi connectivity index (χ1) is 9.35. The molecular formula is C18H28BrN. The van der Waals surface area contributed by atoms with Gasteiger partial charge in [-0.05, 0) is 76.2 Å². The molecule has 0 spiro atoms. The molecule has 1 saturated heterocycles. The fraction of sp³-hybridized carbons (Fsp3) is 0.667. The molecule has 2 rings (SSSR count). The van der Waals surface area contributed by atoms with Crippen LogP contribution in [0.5, 0.6) is 0 Å². The van der Waals surface area contributed by atoms with Crippen molar-refractivity contribution in [1.29, 1.82) is 0 Å². The number of hydrogen-bond acceptors (Lipinski definition) is 1. The average Bonchev–Trinajstić information content (AvgIpc) is 2.41. The molecule has 1 aromatic carbocycles. The monoisotopic (exact) mass is 337 g/mol. The van der Waals surface area contributed by atoms with Crippen molar-refractivity contribution in [3.63, 3.8) is 0 Å². The zero-order chi connectivity index (χ0) is 14.8. The fourth-order valence-electron chi connectivity index (χ4n) is 3.34. The van der Waals surface area contributed by atoms with Gasteiger partial charge in [-0.25, -0.2) is 0 Å². The van der Waals surface area contributed by atoms with E-state index in [0.717, 1.165) is 0 Å². The lowest BCUT2D eigenvalue weighted by atomic mass is 9.71. The molecular weight excluding hydrogens is 310 g/mol. The van der Waals surface area contributed by atoms with Crippen LogP contribution in [0.15, 0.2) is 28.7 Å². The third kappa shape index (κ3) is 3.85. The van der Waals surface area contributed by atoms with Gasteiger partial charge in [0, 0.05) is 10.0 Å². The van der Waals surface area contributed by atoms with Gasteiger partial charge in [-0.1, -0.05) is 41.4 Å². The van der Waals surface area contributed by atoms with Crippen LogP contribution < -0.4 is 0 Å². The molecule has 0 unspecified atom stereocenters. The van der Waals surface area contributed by atoms with E-state index in [2.05, 4.69) is 72.8 Å². The van der Waals surface area contributed by atoms with Gasteiger partial charge in [0.1, 0.15) is 0 Å². The summed E-state index contributed by atoms with van der Waals surface area (Å²) >= 11 is 3.52. The number of nitrogens with zero attached hydrogens (tertiary/aromatic N) is 1. The Balaban J connectivity index is 2.03. The molecule has 0 radical (unpaired) electrons. The molecule has 112 valence electrons. The molecule has 1 fully saturated rings. The molecule has 1 aliphatic heterocycles. The van der Waals surface area contributed by atoms with Gasteiger partial charge in [0.2, 0.25) is 0 Å². The van der Waals surface area contributed by atoms with Crippen LogP contribution in [0.2, 0.25) is 0 Å².